The van der Waals surface area contributed by atoms with Crippen LogP contribution in [-0.2, 0) is 0 Å². The Morgan fingerprint density at radius 3 is 2.25 bits per heavy atom. The van der Waals surface area contributed by atoms with Crippen LogP contribution >= 0.6 is 0 Å². The van der Waals surface area contributed by atoms with E-state index in [9.17, 15) is 18.0 Å². The van der Waals surface area contributed by atoms with Crippen molar-refractivity contribution in [2.24, 2.45) is 0 Å². The van der Waals surface area contributed by atoms with Gasteiger partial charge in [-0.2, -0.15) is 0 Å². The van der Waals surface area contributed by atoms with E-state index in [0.29, 0.717) is 0 Å². The fourth-order valence-corrected chi connectivity index (χ4v) is 1.64. The van der Waals surface area contributed by atoms with Gasteiger partial charge in [-0.3, -0.25) is 0 Å². The Bertz CT molecular complexity index is 660. The lowest BCUT2D eigenvalue weighted by atomic mass is 10.2. The number of carboxylic acids is 1. The second-order valence-corrected chi connectivity index (χ2v) is 4.39. The van der Waals surface area contributed by atoms with E-state index in [4.69, 9.17) is 5.11 Å². The molecule has 5 nitrogen and oxygen atoms in total. The van der Waals surface area contributed by atoms with Crippen LogP contribution in [0.1, 0.15) is 36.2 Å². The first-order chi connectivity index (χ1) is 9.31. The largest absolute Gasteiger partial charge is 0.475 e. The zero-order valence-corrected chi connectivity index (χ0v) is 10.6. The van der Waals surface area contributed by atoms with Crippen LogP contribution in [0.5, 0.6) is 0 Å². The minimum Gasteiger partial charge on any atom is -0.475 e. The van der Waals surface area contributed by atoms with Crippen LogP contribution < -0.4 is 0 Å². The number of aromatic carboxylic acids is 1. The van der Waals surface area contributed by atoms with E-state index in [1.807, 2.05) is 0 Å². The van der Waals surface area contributed by atoms with Crippen molar-refractivity contribution < 1.29 is 23.1 Å². The first kappa shape index (κ1) is 14.0. The molecule has 1 aromatic heterocycles. The average molecular weight is 285 g/mol. The quantitative estimate of drug-likeness (QED) is 0.880. The summed E-state index contributed by atoms with van der Waals surface area (Å²) in [4.78, 5) is 14.6. The molecule has 0 spiro atoms. The molecule has 1 aromatic carbocycles. The van der Waals surface area contributed by atoms with Gasteiger partial charge in [0.05, 0.1) is 5.69 Å². The van der Waals surface area contributed by atoms with Gasteiger partial charge >= 0.3 is 5.97 Å². The number of nitrogens with zero attached hydrogens (tertiary/aromatic N) is 3. The molecule has 0 atom stereocenters. The van der Waals surface area contributed by atoms with Gasteiger partial charge in [0.2, 0.25) is 0 Å². The van der Waals surface area contributed by atoms with E-state index < -0.39 is 29.2 Å². The number of hydrogen-bond acceptors (Lipinski definition) is 3. The van der Waals surface area contributed by atoms with E-state index in [0.717, 1.165) is 16.8 Å². The molecule has 0 aliphatic carbocycles. The molecule has 0 amide bonds. The van der Waals surface area contributed by atoms with Crippen molar-refractivity contribution in [1.29, 1.82) is 0 Å². The van der Waals surface area contributed by atoms with E-state index in [2.05, 4.69) is 10.1 Å². The lowest BCUT2D eigenvalue weighted by Crippen LogP contribution is -2.07. The number of aromatic nitrogens is 3. The number of carbonyl (C=O) groups is 1. The number of rotatable bonds is 3. The fourth-order valence-electron chi connectivity index (χ4n) is 1.64. The van der Waals surface area contributed by atoms with Gasteiger partial charge in [0, 0.05) is 18.1 Å². The van der Waals surface area contributed by atoms with Crippen LogP contribution in [-0.4, -0.2) is 25.8 Å². The van der Waals surface area contributed by atoms with E-state index in [1.54, 1.807) is 13.8 Å². The van der Waals surface area contributed by atoms with E-state index in [-0.39, 0.29) is 17.4 Å². The van der Waals surface area contributed by atoms with E-state index in [1.165, 1.54) is 0 Å². The summed E-state index contributed by atoms with van der Waals surface area (Å²) in [6.07, 6.45) is 0. The average Bonchev–Trinajstić information content (AvgIpc) is 2.80. The number of carboxylic acid groups (broad SMARTS) is 1. The van der Waals surface area contributed by atoms with Gasteiger partial charge in [0.1, 0.15) is 5.82 Å². The second-order valence-electron chi connectivity index (χ2n) is 4.39. The predicted molar refractivity (Wildman–Crippen MR) is 62.3 cm³/mol. The van der Waals surface area contributed by atoms with Gasteiger partial charge in [-0.25, -0.2) is 27.6 Å². The van der Waals surface area contributed by atoms with Crippen LogP contribution in [0.15, 0.2) is 12.1 Å². The molecule has 0 aliphatic rings. The molecule has 0 radical (unpaired) electrons. The molecule has 106 valence electrons. The van der Waals surface area contributed by atoms with Crippen molar-refractivity contribution in [2.75, 3.05) is 0 Å². The van der Waals surface area contributed by atoms with Gasteiger partial charge in [-0.1, -0.05) is 13.8 Å². The maximum atomic E-state index is 13.2. The Balaban J connectivity index is 2.65. The second kappa shape index (κ2) is 4.95. The predicted octanol–water partition coefficient (Wildman–Crippen LogP) is 2.51. The maximum Gasteiger partial charge on any atom is 0.375 e. The smallest absolute Gasteiger partial charge is 0.375 e. The summed E-state index contributed by atoms with van der Waals surface area (Å²) in [5, 5.41) is 12.5. The third-order valence-corrected chi connectivity index (χ3v) is 2.55. The highest BCUT2D eigenvalue weighted by Gasteiger charge is 2.20. The highest BCUT2D eigenvalue weighted by Crippen LogP contribution is 2.21. The maximum absolute atomic E-state index is 13.2. The first-order valence-corrected chi connectivity index (χ1v) is 5.66. The third kappa shape index (κ3) is 2.36. The monoisotopic (exact) mass is 285 g/mol. The minimum absolute atomic E-state index is 0.134. The molecule has 8 heteroatoms. The third-order valence-electron chi connectivity index (χ3n) is 2.55. The standard InChI is InChI=1S/C12H10F3N3O2/c1-5(2)11-16-10(12(19)20)17-18(11)6-3-7(13)9(15)8(14)4-6/h3-5H,1-2H3,(H,19,20). The molecule has 0 unspecified atom stereocenters. The molecule has 0 saturated carbocycles. The van der Waals surface area contributed by atoms with Crippen LogP contribution in [0, 0.1) is 17.5 Å². The lowest BCUT2D eigenvalue weighted by Gasteiger charge is -2.08. The first-order valence-electron chi connectivity index (χ1n) is 5.66. The SMILES string of the molecule is CC(C)c1nc(C(=O)O)nn1-c1cc(F)c(F)c(F)c1. The number of benzene rings is 1. The minimum atomic E-state index is -1.60. The fraction of sp³-hybridized carbons (Fsp3) is 0.250. The summed E-state index contributed by atoms with van der Waals surface area (Å²) in [6.45, 7) is 3.42. The molecule has 0 bridgehead atoms. The van der Waals surface area contributed by atoms with Crippen molar-refractivity contribution in [3.8, 4) is 5.69 Å². The molecule has 2 rings (SSSR count). The van der Waals surface area contributed by atoms with Crippen LogP contribution in [0.2, 0.25) is 0 Å². The summed E-state index contributed by atoms with van der Waals surface area (Å²) < 4.78 is 40.4. The van der Waals surface area contributed by atoms with Crippen LogP contribution in [0.3, 0.4) is 0 Å². The van der Waals surface area contributed by atoms with Crippen LogP contribution in [0.25, 0.3) is 5.69 Å². The summed E-state index contributed by atoms with van der Waals surface area (Å²) >= 11 is 0. The Kier molecular flexibility index (Phi) is 3.47. The lowest BCUT2D eigenvalue weighted by molar-refractivity contribution is 0.0683. The van der Waals surface area contributed by atoms with Gasteiger partial charge in [0.25, 0.3) is 5.82 Å². The zero-order chi connectivity index (χ0) is 15.0. The Morgan fingerprint density at radius 1 is 1.25 bits per heavy atom. The highest BCUT2D eigenvalue weighted by atomic mass is 19.2. The molecule has 1 heterocycles. The van der Waals surface area contributed by atoms with Gasteiger partial charge in [0.15, 0.2) is 17.5 Å². The molecule has 0 saturated heterocycles. The van der Waals surface area contributed by atoms with Crippen molar-refractivity contribution in [2.45, 2.75) is 19.8 Å². The summed E-state index contributed by atoms with van der Waals surface area (Å²) in [5.41, 5.74) is -0.134. The molecule has 2 aromatic rings. The summed E-state index contributed by atoms with van der Waals surface area (Å²) in [5.74, 6) is -6.28. The molecular weight excluding hydrogens is 275 g/mol. The molecule has 1 N–H and O–H groups in total. The van der Waals surface area contributed by atoms with Gasteiger partial charge < -0.3 is 5.11 Å². The van der Waals surface area contributed by atoms with Crippen molar-refractivity contribution in [3.63, 3.8) is 0 Å². The summed E-state index contributed by atoms with van der Waals surface area (Å²) in [6, 6.07) is 1.45. The van der Waals surface area contributed by atoms with Crippen molar-refractivity contribution >= 4 is 5.97 Å². The van der Waals surface area contributed by atoms with Crippen LogP contribution in [0.4, 0.5) is 13.2 Å². The van der Waals surface area contributed by atoms with E-state index >= 15 is 0 Å². The van der Waals surface area contributed by atoms with Crippen molar-refractivity contribution in [3.05, 3.63) is 41.2 Å². The zero-order valence-electron chi connectivity index (χ0n) is 10.6. The highest BCUT2D eigenvalue weighted by molar-refractivity contribution is 5.83. The Morgan fingerprint density at radius 2 is 1.80 bits per heavy atom. The van der Waals surface area contributed by atoms with Gasteiger partial charge in [-0.15, -0.1) is 5.10 Å². The number of halogens is 3. The molecule has 20 heavy (non-hydrogen) atoms. The summed E-state index contributed by atoms with van der Waals surface area (Å²) in [7, 11) is 0. The molecular formula is C12H10F3N3O2. The normalized spacial score (nSPS) is 11.1. The molecule has 0 aliphatic heterocycles. The Labute approximate surface area is 111 Å². The number of hydrogen-bond donors (Lipinski definition) is 1. The topological polar surface area (TPSA) is 68.0 Å². The molecule has 0 fully saturated rings. The Hall–Kier alpha value is -2.38. The van der Waals surface area contributed by atoms with Crippen molar-refractivity contribution in [1.82, 2.24) is 14.8 Å². The van der Waals surface area contributed by atoms with Gasteiger partial charge in [-0.05, 0) is 0 Å².